The number of esters is 1. The van der Waals surface area contributed by atoms with Gasteiger partial charge in [-0.15, -0.1) is 0 Å². The molecule has 3 rings (SSSR count). The van der Waals surface area contributed by atoms with Crippen LogP contribution in [0.1, 0.15) is 24.5 Å². The predicted molar refractivity (Wildman–Crippen MR) is 91.9 cm³/mol. The molecule has 1 heterocycles. The van der Waals surface area contributed by atoms with Crippen molar-refractivity contribution < 1.29 is 9.53 Å². The number of ether oxygens (including phenoxy) is 1. The Hall–Kier alpha value is -2.94. The van der Waals surface area contributed by atoms with E-state index >= 15 is 0 Å². The molecule has 0 amide bonds. The molecule has 2 aromatic carbocycles. The monoisotopic (exact) mass is 303 g/mol. The average molecular weight is 303 g/mol. The highest BCUT2D eigenvalue weighted by Gasteiger charge is 2.23. The Kier molecular flexibility index (Phi) is 4.48. The lowest BCUT2D eigenvalue weighted by atomic mass is 10.1. The van der Waals surface area contributed by atoms with Crippen LogP contribution in [0.2, 0.25) is 0 Å². The van der Waals surface area contributed by atoms with Gasteiger partial charge < -0.3 is 4.74 Å². The van der Waals surface area contributed by atoms with Crippen LogP contribution in [0.3, 0.4) is 0 Å². The third kappa shape index (κ3) is 3.64. The van der Waals surface area contributed by atoms with Crippen LogP contribution in [-0.4, -0.2) is 11.9 Å². The highest BCUT2D eigenvalue weighted by molar-refractivity contribution is 6.11. The Morgan fingerprint density at radius 2 is 1.70 bits per heavy atom. The van der Waals surface area contributed by atoms with Gasteiger partial charge in [-0.3, -0.25) is 0 Å². The molecule has 1 aliphatic rings. The Balaban J connectivity index is 1.90. The Bertz CT molecular complexity index is 787. The average Bonchev–Trinajstić information content (AvgIpc) is 2.97. The van der Waals surface area contributed by atoms with Gasteiger partial charge in [0.1, 0.15) is 0 Å². The predicted octanol–water partition coefficient (Wildman–Crippen LogP) is 4.37. The first-order valence-corrected chi connectivity index (χ1v) is 7.60. The molecule has 0 atom stereocenters. The molecule has 0 fully saturated rings. The molecule has 0 aliphatic carbocycles. The number of benzene rings is 2. The van der Waals surface area contributed by atoms with Crippen molar-refractivity contribution in [2.75, 3.05) is 0 Å². The zero-order valence-corrected chi connectivity index (χ0v) is 12.9. The maximum Gasteiger partial charge on any atom is 0.363 e. The van der Waals surface area contributed by atoms with Gasteiger partial charge in [0, 0.05) is 5.56 Å². The summed E-state index contributed by atoms with van der Waals surface area (Å²) in [6.07, 6.45) is 4.66. The van der Waals surface area contributed by atoms with Gasteiger partial charge in [-0.25, -0.2) is 9.79 Å². The molecule has 0 saturated carbocycles. The first-order valence-electron chi connectivity index (χ1n) is 7.60. The van der Waals surface area contributed by atoms with Gasteiger partial charge in [0.15, 0.2) is 5.70 Å². The second-order valence-corrected chi connectivity index (χ2v) is 5.19. The van der Waals surface area contributed by atoms with Crippen LogP contribution in [0.15, 0.2) is 83.0 Å². The van der Waals surface area contributed by atoms with Crippen molar-refractivity contribution in [1.82, 2.24) is 0 Å². The minimum Gasteiger partial charge on any atom is -0.402 e. The van der Waals surface area contributed by atoms with Crippen molar-refractivity contribution in [1.29, 1.82) is 0 Å². The highest BCUT2D eigenvalue weighted by Crippen LogP contribution is 2.20. The number of hydrogen-bond donors (Lipinski definition) is 0. The van der Waals surface area contributed by atoms with E-state index in [0.717, 1.165) is 23.1 Å². The molecule has 1 aliphatic heterocycles. The Morgan fingerprint density at radius 3 is 2.35 bits per heavy atom. The molecule has 114 valence electrons. The molecule has 0 N–H and O–H groups in total. The van der Waals surface area contributed by atoms with E-state index in [2.05, 4.69) is 11.1 Å². The van der Waals surface area contributed by atoms with E-state index in [4.69, 9.17) is 4.74 Å². The molecule has 0 radical (unpaired) electrons. The molecule has 0 aromatic heterocycles. The summed E-state index contributed by atoms with van der Waals surface area (Å²) < 4.78 is 5.27. The standard InChI is InChI=1S/C20H17NO2/c1-2-15(13-16-9-5-3-6-10-16)14-18-20(22)23-19(21-18)17-11-7-4-8-12-17/h3-14H,2H2,1H3/b15-13-,18-14+. The quantitative estimate of drug-likeness (QED) is 0.621. The fraction of sp³-hybridized carbons (Fsp3) is 0.100. The summed E-state index contributed by atoms with van der Waals surface area (Å²) in [7, 11) is 0. The maximum atomic E-state index is 12.0. The van der Waals surface area contributed by atoms with Crippen molar-refractivity contribution in [3.8, 4) is 0 Å². The van der Waals surface area contributed by atoms with Crippen molar-refractivity contribution in [2.45, 2.75) is 13.3 Å². The van der Waals surface area contributed by atoms with Crippen molar-refractivity contribution in [3.63, 3.8) is 0 Å². The normalized spacial score (nSPS) is 16.4. The molecule has 23 heavy (non-hydrogen) atoms. The molecule has 0 unspecified atom stereocenters. The number of rotatable bonds is 4. The van der Waals surface area contributed by atoms with Crippen LogP contribution < -0.4 is 0 Å². The van der Waals surface area contributed by atoms with Crippen LogP contribution >= 0.6 is 0 Å². The molecular weight excluding hydrogens is 286 g/mol. The zero-order valence-electron chi connectivity index (χ0n) is 12.9. The summed E-state index contributed by atoms with van der Waals surface area (Å²) in [6.45, 7) is 2.05. The number of hydrogen-bond acceptors (Lipinski definition) is 3. The summed E-state index contributed by atoms with van der Waals surface area (Å²) in [4.78, 5) is 16.4. The smallest absolute Gasteiger partial charge is 0.363 e. The van der Waals surface area contributed by atoms with Crippen LogP contribution in [0.25, 0.3) is 6.08 Å². The van der Waals surface area contributed by atoms with Crippen LogP contribution in [0.5, 0.6) is 0 Å². The largest absolute Gasteiger partial charge is 0.402 e. The van der Waals surface area contributed by atoms with Gasteiger partial charge in [0.2, 0.25) is 5.90 Å². The minimum atomic E-state index is -0.406. The number of nitrogens with zero attached hydrogens (tertiary/aromatic N) is 1. The van der Waals surface area contributed by atoms with Crippen molar-refractivity contribution in [2.24, 2.45) is 4.99 Å². The first kappa shape index (κ1) is 15.0. The van der Waals surface area contributed by atoms with Gasteiger partial charge >= 0.3 is 5.97 Å². The fourth-order valence-corrected chi connectivity index (χ4v) is 2.30. The molecule has 3 nitrogen and oxygen atoms in total. The molecule has 0 spiro atoms. The number of carbonyl (C=O) groups excluding carboxylic acids is 1. The maximum absolute atomic E-state index is 12.0. The highest BCUT2D eigenvalue weighted by atomic mass is 16.6. The van der Waals surface area contributed by atoms with Crippen LogP contribution in [0.4, 0.5) is 0 Å². The molecular formula is C20H17NO2. The third-order valence-corrected chi connectivity index (χ3v) is 3.52. The molecule has 0 bridgehead atoms. The van der Waals surface area contributed by atoms with E-state index in [-0.39, 0.29) is 0 Å². The van der Waals surface area contributed by atoms with Crippen LogP contribution in [0, 0.1) is 0 Å². The Labute approximate surface area is 135 Å². The number of aliphatic imine (C=N–C) groups is 1. The summed E-state index contributed by atoms with van der Waals surface area (Å²) in [6, 6.07) is 19.4. The van der Waals surface area contributed by atoms with Gasteiger partial charge in [-0.2, -0.15) is 0 Å². The zero-order chi connectivity index (χ0) is 16.1. The molecule has 0 saturated heterocycles. The van der Waals surface area contributed by atoms with Crippen molar-refractivity contribution in [3.05, 3.63) is 89.1 Å². The lowest BCUT2D eigenvalue weighted by Crippen LogP contribution is -2.05. The lowest BCUT2D eigenvalue weighted by Gasteiger charge is -1.99. The van der Waals surface area contributed by atoms with Gasteiger partial charge in [-0.05, 0) is 35.8 Å². The minimum absolute atomic E-state index is 0.341. The van der Waals surface area contributed by atoms with E-state index < -0.39 is 5.97 Å². The molecule has 2 aromatic rings. The van der Waals surface area contributed by atoms with Crippen LogP contribution in [-0.2, 0) is 9.53 Å². The van der Waals surface area contributed by atoms with Crippen molar-refractivity contribution >= 4 is 17.9 Å². The topological polar surface area (TPSA) is 38.7 Å². The SMILES string of the molecule is CCC(=C/c1ccccc1)/C=C1/N=C(c2ccccc2)OC1=O. The third-order valence-electron chi connectivity index (χ3n) is 3.52. The van der Waals surface area contributed by atoms with E-state index in [1.807, 2.05) is 67.6 Å². The number of cyclic esters (lactones) is 1. The number of allylic oxidation sites excluding steroid dienone is 2. The van der Waals surface area contributed by atoms with E-state index in [1.54, 1.807) is 6.08 Å². The van der Waals surface area contributed by atoms with Gasteiger partial charge in [-0.1, -0.05) is 61.5 Å². The lowest BCUT2D eigenvalue weighted by molar-refractivity contribution is -0.130. The van der Waals surface area contributed by atoms with E-state index in [9.17, 15) is 4.79 Å². The Morgan fingerprint density at radius 1 is 1.04 bits per heavy atom. The fourth-order valence-electron chi connectivity index (χ4n) is 2.30. The summed E-state index contributed by atoms with van der Waals surface area (Å²) in [5.74, 6) is -0.0479. The van der Waals surface area contributed by atoms with Gasteiger partial charge in [0.05, 0.1) is 0 Å². The van der Waals surface area contributed by atoms with Gasteiger partial charge in [0.25, 0.3) is 0 Å². The summed E-state index contributed by atoms with van der Waals surface area (Å²) >= 11 is 0. The molecule has 3 heteroatoms. The number of carbonyl (C=O) groups is 1. The second kappa shape index (κ2) is 6.88. The van der Waals surface area contributed by atoms with E-state index in [0.29, 0.717) is 11.6 Å². The van der Waals surface area contributed by atoms with E-state index in [1.165, 1.54) is 0 Å². The first-order chi connectivity index (χ1) is 11.3. The summed E-state index contributed by atoms with van der Waals surface area (Å²) in [5.41, 5.74) is 3.27. The summed E-state index contributed by atoms with van der Waals surface area (Å²) in [5, 5.41) is 0. The second-order valence-electron chi connectivity index (χ2n) is 5.19.